The normalized spacial score (nSPS) is 12.9. The molecular weight excluding hydrogens is 242 g/mol. The zero-order valence-electron chi connectivity index (χ0n) is 9.06. The van der Waals surface area contributed by atoms with Gasteiger partial charge >= 0.3 is 0 Å². The molecule has 0 radical (unpaired) electrons. The van der Waals surface area contributed by atoms with Gasteiger partial charge in [0.25, 0.3) is 0 Å². The number of aromatic nitrogens is 2. The van der Waals surface area contributed by atoms with Crippen LogP contribution in [-0.2, 0) is 6.54 Å². The van der Waals surface area contributed by atoms with Gasteiger partial charge in [-0.2, -0.15) is 16.4 Å². The van der Waals surface area contributed by atoms with Crippen molar-refractivity contribution < 1.29 is 0 Å². The molecule has 0 aromatic carbocycles. The molecule has 1 unspecified atom stereocenters. The molecule has 2 aromatic heterocycles. The third-order valence-corrected chi connectivity index (χ3v) is 3.46. The zero-order valence-corrected chi connectivity index (χ0v) is 10.6. The van der Waals surface area contributed by atoms with E-state index in [2.05, 4.69) is 12.0 Å². The minimum absolute atomic E-state index is 0.187. The van der Waals surface area contributed by atoms with E-state index in [0.29, 0.717) is 5.02 Å². The van der Waals surface area contributed by atoms with Crippen LogP contribution in [0.3, 0.4) is 0 Å². The van der Waals surface area contributed by atoms with E-state index < -0.39 is 0 Å². The average molecular weight is 256 g/mol. The quantitative estimate of drug-likeness (QED) is 0.913. The maximum atomic E-state index is 6.20. The maximum absolute atomic E-state index is 6.20. The highest BCUT2D eigenvalue weighted by Crippen LogP contribution is 2.27. The van der Waals surface area contributed by atoms with Gasteiger partial charge < -0.3 is 5.73 Å². The summed E-state index contributed by atoms with van der Waals surface area (Å²) in [6.07, 6.45) is 2.68. The molecule has 0 saturated carbocycles. The van der Waals surface area contributed by atoms with E-state index in [1.165, 1.54) is 0 Å². The van der Waals surface area contributed by atoms with Crippen molar-refractivity contribution in [2.45, 2.75) is 25.9 Å². The van der Waals surface area contributed by atoms with Crippen molar-refractivity contribution in [3.8, 4) is 0 Å². The Hall–Kier alpha value is -0.840. The van der Waals surface area contributed by atoms with Crippen LogP contribution in [0.25, 0.3) is 0 Å². The summed E-state index contributed by atoms with van der Waals surface area (Å²) in [5.41, 5.74) is 8.19. The summed E-state index contributed by atoms with van der Waals surface area (Å²) < 4.78 is 1.89. The highest BCUT2D eigenvalue weighted by molar-refractivity contribution is 7.08. The van der Waals surface area contributed by atoms with Crippen LogP contribution in [0.1, 0.15) is 30.6 Å². The van der Waals surface area contributed by atoms with Crippen LogP contribution in [-0.4, -0.2) is 9.78 Å². The van der Waals surface area contributed by atoms with E-state index in [1.807, 2.05) is 21.5 Å². The molecule has 5 heteroatoms. The number of thiophene rings is 1. The first-order valence-corrected chi connectivity index (χ1v) is 6.55. The van der Waals surface area contributed by atoms with Crippen molar-refractivity contribution >= 4 is 22.9 Å². The lowest BCUT2D eigenvalue weighted by Crippen LogP contribution is -2.17. The maximum Gasteiger partial charge on any atom is 0.0837 e. The van der Waals surface area contributed by atoms with Crippen molar-refractivity contribution in [3.05, 3.63) is 39.3 Å². The van der Waals surface area contributed by atoms with Gasteiger partial charge in [-0.15, -0.1) is 0 Å². The lowest BCUT2D eigenvalue weighted by atomic mass is 10.1. The summed E-state index contributed by atoms with van der Waals surface area (Å²) in [6.45, 7) is 2.95. The molecule has 0 saturated heterocycles. The second kappa shape index (κ2) is 4.99. The van der Waals surface area contributed by atoms with E-state index in [0.717, 1.165) is 24.2 Å². The molecule has 2 N–H and O–H groups in total. The number of halogens is 1. The molecular formula is C11H14ClN3S. The van der Waals surface area contributed by atoms with E-state index in [9.17, 15) is 0 Å². The van der Waals surface area contributed by atoms with Crippen molar-refractivity contribution in [1.82, 2.24) is 9.78 Å². The monoisotopic (exact) mass is 255 g/mol. The number of aryl methyl sites for hydroxylation is 1. The fourth-order valence-corrected chi connectivity index (χ4v) is 2.64. The molecule has 0 aliphatic rings. The smallest absolute Gasteiger partial charge is 0.0837 e. The van der Waals surface area contributed by atoms with E-state index in [-0.39, 0.29) is 6.04 Å². The lowest BCUT2D eigenvalue weighted by molar-refractivity contribution is 0.560. The zero-order chi connectivity index (χ0) is 11.5. The molecule has 0 spiro atoms. The van der Waals surface area contributed by atoms with Gasteiger partial charge in [0.2, 0.25) is 0 Å². The SMILES string of the molecule is CCCn1ncc(Cl)c1C(N)c1ccsc1. The summed E-state index contributed by atoms with van der Waals surface area (Å²) in [7, 11) is 0. The second-order valence-electron chi connectivity index (χ2n) is 3.64. The average Bonchev–Trinajstić information content (AvgIpc) is 2.88. The first-order valence-electron chi connectivity index (χ1n) is 5.23. The molecule has 0 fully saturated rings. The minimum Gasteiger partial charge on any atom is -0.319 e. The molecule has 0 aliphatic carbocycles. The highest BCUT2D eigenvalue weighted by atomic mass is 35.5. The Labute approximate surface area is 104 Å². The summed E-state index contributed by atoms with van der Waals surface area (Å²) >= 11 is 7.77. The Kier molecular flexibility index (Phi) is 3.63. The molecule has 2 rings (SSSR count). The number of hydrogen-bond acceptors (Lipinski definition) is 3. The third kappa shape index (κ3) is 2.14. The van der Waals surface area contributed by atoms with E-state index >= 15 is 0 Å². The third-order valence-electron chi connectivity index (χ3n) is 2.47. The first-order chi connectivity index (χ1) is 7.74. The van der Waals surface area contributed by atoms with E-state index in [1.54, 1.807) is 17.5 Å². The van der Waals surface area contributed by atoms with Crippen molar-refractivity contribution in [3.63, 3.8) is 0 Å². The second-order valence-corrected chi connectivity index (χ2v) is 4.82. The Morgan fingerprint density at radius 3 is 3.06 bits per heavy atom. The summed E-state index contributed by atoms with van der Waals surface area (Å²) in [4.78, 5) is 0. The molecule has 2 aromatic rings. The fraction of sp³-hybridized carbons (Fsp3) is 0.364. The van der Waals surface area contributed by atoms with Gasteiger partial charge in [0.1, 0.15) is 0 Å². The van der Waals surface area contributed by atoms with Gasteiger partial charge in [-0.25, -0.2) is 0 Å². The Morgan fingerprint density at radius 1 is 1.62 bits per heavy atom. The van der Waals surface area contributed by atoms with Crippen LogP contribution in [0.5, 0.6) is 0 Å². The molecule has 86 valence electrons. The van der Waals surface area contributed by atoms with Crippen LogP contribution < -0.4 is 5.73 Å². The van der Waals surface area contributed by atoms with Crippen molar-refractivity contribution in [1.29, 1.82) is 0 Å². The standard InChI is InChI=1S/C11H14ClN3S/c1-2-4-15-11(9(12)6-14-15)10(13)8-3-5-16-7-8/h3,5-7,10H,2,4,13H2,1H3. The van der Waals surface area contributed by atoms with Gasteiger partial charge in [0, 0.05) is 6.54 Å². The molecule has 1 atom stereocenters. The Morgan fingerprint density at radius 2 is 2.44 bits per heavy atom. The summed E-state index contributed by atoms with van der Waals surface area (Å²) in [5, 5.41) is 8.95. The highest BCUT2D eigenvalue weighted by Gasteiger charge is 2.18. The summed E-state index contributed by atoms with van der Waals surface area (Å²) in [5.74, 6) is 0. The molecule has 2 heterocycles. The molecule has 0 aliphatic heterocycles. The molecule has 0 bridgehead atoms. The van der Waals surface area contributed by atoms with Crippen molar-refractivity contribution in [2.24, 2.45) is 5.73 Å². The largest absolute Gasteiger partial charge is 0.319 e. The summed E-state index contributed by atoms with van der Waals surface area (Å²) in [6, 6.07) is 1.84. The van der Waals surface area contributed by atoms with Crippen LogP contribution in [0.15, 0.2) is 23.0 Å². The van der Waals surface area contributed by atoms with E-state index in [4.69, 9.17) is 17.3 Å². The molecule has 3 nitrogen and oxygen atoms in total. The van der Waals surface area contributed by atoms with Crippen LogP contribution in [0, 0.1) is 0 Å². The van der Waals surface area contributed by atoms with Gasteiger partial charge in [0.05, 0.1) is 23.0 Å². The van der Waals surface area contributed by atoms with Crippen LogP contribution in [0.2, 0.25) is 5.02 Å². The van der Waals surface area contributed by atoms with Gasteiger partial charge in [-0.05, 0) is 28.8 Å². The number of nitrogens with two attached hydrogens (primary N) is 1. The predicted molar refractivity (Wildman–Crippen MR) is 67.9 cm³/mol. The Balaban J connectivity index is 2.35. The van der Waals surface area contributed by atoms with Gasteiger partial charge in [0.15, 0.2) is 0 Å². The van der Waals surface area contributed by atoms with Gasteiger partial charge in [-0.3, -0.25) is 4.68 Å². The molecule has 16 heavy (non-hydrogen) atoms. The molecule has 0 amide bonds. The first kappa shape index (κ1) is 11.6. The minimum atomic E-state index is -0.187. The van der Waals surface area contributed by atoms with Crippen LogP contribution in [0.4, 0.5) is 0 Å². The number of rotatable bonds is 4. The topological polar surface area (TPSA) is 43.8 Å². The Bertz CT molecular complexity index is 450. The van der Waals surface area contributed by atoms with Crippen molar-refractivity contribution in [2.75, 3.05) is 0 Å². The van der Waals surface area contributed by atoms with Crippen LogP contribution >= 0.6 is 22.9 Å². The van der Waals surface area contributed by atoms with Gasteiger partial charge in [-0.1, -0.05) is 18.5 Å². The predicted octanol–water partition coefficient (Wildman–Crippen LogP) is 3.06. The lowest BCUT2D eigenvalue weighted by Gasteiger charge is -2.13. The number of nitrogens with zero attached hydrogens (tertiary/aromatic N) is 2. The fourth-order valence-electron chi connectivity index (χ4n) is 1.68. The number of hydrogen-bond donors (Lipinski definition) is 1.